The Balaban J connectivity index is 2.22. The first kappa shape index (κ1) is 24.5. The third kappa shape index (κ3) is 7.47. The highest BCUT2D eigenvalue weighted by Gasteiger charge is 2.31. The second-order valence-electron chi connectivity index (χ2n) is 8.24. The molecule has 7 heteroatoms. The quantitative estimate of drug-likeness (QED) is 0.617. The van der Waals surface area contributed by atoms with Crippen molar-refractivity contribution in [1.29, 1.82) is 0 Å². The van der Waals surface area contributed by atoms with Gasteiger partial charge in [0.1, 0.15) is 17.5 Å². The lowest BCUT2D eigenvalue weighted by atomic mass is 10.1. The molecular formula is C24H31ClN2O4. The van der Waals surface area contributed by atoms with Crippen molar-refractivity contribution in [3.63, 3.8) is 0 Å². The number of halogens is 1. The van der Waals surface area contributed by atoms with E-state index in [4.69, 9.17) is 21.1 Å². The average molecular weight is 447 g/mol. The van der Waals surface area contributed by atoms with Crippen molar-refractivity contribution in [2.45, 2.75) is 52.2 Å². The Morgan fingerprint density at radius 2 is 1.68 bits per heavy atom. The summed E-state index contributed by atoms with van der Waals surface area (Å²) in [5.41, 5.74) is 0.354. The largest absolute Gasteiger partial charge is 0.497 e. The van der Waals surface area contributed by atoms with Crippen LogP contribution in [0.4, 0.5) is 0 Å². The van der Waals surface area contributed by atoms with Crippen LogP contribution < -0.4 is 14.8 Å². The van der Waals surface area contributed by atoms with Crippen molar-refractivity contribution >= 4 is 23.4 Å². The van der Waals surface area contributed by atoms with Crippen molar-refractivity contribution in [3.8, 4) is 11.5 Å². The maximum atomic E-state index is 13.2. The number of hydrogen-bond acceptors (Lipinski definition) is 4. The molecule has 0 fully saturated rings. The molecule has 2 rings (SSSR count). The van der Waals surface area contributed by atoms with Gasteiger partial charge in [0.05, 0.1) is 7.11 Å². The first-order valence-electron chi connectivity index (χ1n) is 10.3. The second kappa shape index (κ2) is 11.0. The smallest absolute Gasteiger partial charge is 0.261 e. The molecule has 31 heavy (non-hydrogen) atoms. The summed E-state index contributed by atoms with van der Waals surface area (Å²) in [7, 11) is 1.58. The first-order valence-corrected chi connectivity index (χ1v) is 10.6. The maximum absolute atomic E-state index is 13.2. The zero-order valence-corrected chi connectivity index (χ0v) is 19.5. The number of carbonyl (C=O) groups is 2. The van der Waals surface area contributed by atoms with Crippen molar-refractivity contribution in [3.05, 3.63) is 59.1 Å². The SMILES string of the molecule is CC[C@@H](C(=O)NC(C)(C)C)N(Cc1ccccc1Cl)C(=O)COc1ccc(OC)cc1. The standard InChI is InChI=1S/C24H31ClN2O4/c1-6-21(23(29)26-24(2,3)4)27(15-17-9-7-8-10-20(17)25)22(28)16-31-19-13-11-18(30-5)12-14-19/h7-14,21H,6,15-16H2,1-5H3,(H,26,29)/t21-/m0/s1. The van der Waals surface area contributed by atoms with E-state index in [2.05, 4.69) is 5.32 Å². The third-order valence-corrected chi connectivity index (χ3v) is 4.97. The van der Waals surface area contributed by atoms with E-state index in [9.17, 15) is 9.59 Å². The summed E-state index contributed by atoms with van der Waals surface area (Å²) < 4.78 is 10.8. The minimum Gasteiger partial charge on any atom is -0.497 e. The van der Waals surface area contributed by atoms with Gasteiger partial charge in [-0.25, -0.2) is 0 Å². The van der Waals surface area contributed by atoms with Crippen LogP contribution in [0.2, 0.25) is 5.02 Å². The number of ether oxygens (including phenoxy) is 2. The number of rotatable bonds is 9. The molecule has 0 saturated carbocycles. The van der Waals surface area contributed by atoms with Gasteiger partial charge in [-0.05, 0) is 63.1 Å². The molecule has 0 radical (unpaired) electrons. The van der Waals surface area contributed by atoms with Gasteiger partial charge in [0, 0.05) is 17.1 Å². The minimum absolute atomic E-state index is 0.198. The van der Waals surface area contributed by atoms with Gasteiger partial charge >= 0.3 is 0 Å². The molecular weight excluding hydrogens is 416 g/mol. The molecule has 0 aromatic heterocycles. The summed E-state index contributed by atoms with van der Waals surface area (Å²) in [6, 6.07) is 13.6. The zero-order valence-electron chi connectivity index (χ0n) is 18.8. The van der Waals surface area contributed by atoms with E-state index >= 15 is 0 Å². The molecule has 2 amide bonds. The second-order valence-corrected chi connectivity index (χ2v) is 8.65. The number of hydrogen-bond donors (Lipinski definition) is 1. The Morgan fingerprint density at radius 1 is 1.06 bits per heavy atom. The summed E-state index contributed by atoms with van der Waals surface area (Å²) in [4.78, 5) is 27.7. The molecule has 168 valence electrons. The predicted molar refractivity (Wildman–Crippen MR) is 122 cm³/mol. The molecule has 1 N–H and O–H groups in total. The third-order valence-electron chi connectivity index (χ3n) is 4.60. The van der Waals surface area contributed by atoms with E-state index in [1.165, 1.54) is 4.90 Å². The van der Waals surface area contributed by atoms with Gasteiger partial charge in [-0.15, -0.1) is 0 Å². The van der Waals surface area contributed by atoms with E-state index in [0.717, 1.165) is 5.56 Å². The van der Waals surface area contributed by atoms with Crippen molar-refractivity contribution < 1.29 is 19.1 Å². The molecule has 0 aliphatic rings. The summed E-state index contributed by atoms with van der Waals surface area (Å²) >= 11 is 6.33. The van der Waals surface area contributed by atoms with Gasteiger partial charge < -0.3 is 19.7 Å². The topological polar surface area (TPSA) is 67.9 Å². The fraction of sp³-hybridized carbons (Fsp3) is 0.417. The summed E-state index contributed by atoms with van der Waals surface area (Å²) in [6.45, 7) is 7.61. The molecule has 1 atom stereocenters. The number of benzene rings is 2. The van der Waals surface area contributed by atoms with E-state index in [1.54, 1.807) is 37.4 Å². The minimum atomic E-state index is -0.650. The lowest BCUT2D eigenvalue weighted by Crippen LogP contribution is -2.54. The van der Waals surface area contributed by atoms with Gasteiger partial charge in [0.2, 0.25) is 5.91 Å². The van der Waals surface area contributed by atoms with Crippen LogP contribution in [0, 0.1) is 0 Å². The number of amides is 2. The van der Waals surface area contributed by atoms with E-state index < -0.39 is 11.6 Å². The molecule has 0 spiro atoms. The molecule has 0 aliphatic heterocycles. The summed E-state index contributed by atoms with van der Waals surface area (Å²) in [5, 5.41) is 3.52. The van der Waals surface area contributed by atoms with Gasteiger partial charge in [-0.3, -0.25) is 9.59 Å². The Morgan fingerprint density at radius 3 is 2.23 bits per heavy atom. The van der Waals surface area contributed by atoms with Crippen LogP contribution in [-0.2, 0) is 16.1 Å². The molecule has 0 unspecified atom stereocenters. The zero-order chi connectivity index (χ0) is 23.0. The number of nitrogens with one attached hydrogen (secondary N) is 1. The Labute approximate surface area is 189 Å². The van der Waals surface area contributed by atoms with Crippen LogP contribution in [0.3, 0.4) is 0 Å². The van der Waals surface area contributed by atoms with Crippen LogP contribution in [0.25, 0.3) is 0 Å². The van der Waals surface area contributed by atoms with Crippen LogP contribution in [-0.4, -0.2) is 42.0 Å². The highest BCUT2D eigenvalue weighted by Crippen LogP contribution is 2.21. The van der Waals surface area contributed by atoms with E-state index in [0.29, 0.717) is 22.9 Å². The van der Waals surface area contributed by atoms with Crippen molar-refractivity contribution in [2.24, 2.45) is 0 Å². The fourth-order valence-corrected chi connectivity index (χ4v) is 3.28. The molecule has 6 nitrogen and oxygen atoms in total. The number of carbonyl (C=O) groups excluding carboxylic acids is 2. The first-order chi connectivity index (χ1) is 14.6. The van der Waals surface area contributed by atoms with Crippen LogP contribution in [0.5, 0.6) is 11.5 Å². The van der Waals surface area contributed by atoms with Crippen LogP contribution in [0.15, 0.2) is 48.5 Å². The molecule has 0 heterocycles. The highest BCUT2D eigenvalue weighted by atomic mass is 35.5. The summed E-state index contributed by atoms with van der Waals surface area (Å²) in [5.74, 6) is 0.731. The maximum Gasteiger partial charge on any atom is 0.261 e. The monoisotopic (exact) mass is 446 g/mol. The van der Waals surface area contributed by atoms with E-state index in [1.807, 2.05) is 45.9 Å². The number of nitrogens with zero attached hydrogens (tertiary/aromatic N) is 1. The normalized spacial score (nSPS) is 12.1. The Hall–Kier alpha value is -2.73. The number of methoxy groups -OCH3 is 1. The van der Waals surface area contributed by atoms with Gasteiger partial charge in [0.25, 0.3) is 5.91 Å². The van der Waals surface area contributed by atoms with Crippen molar-refractivity contribution in [1.82, 2.24) is 10.2 Å². The lowest BCUT2D eigenvalue weighted by Gasteiger charge is -2.33. The average Bonchev–Trinajstić information content (AvgIpc) is 2.72. The van der Waals surface area contributed by atoms with Crippen LogP contribution in [0.1, 0.15) is 39.7 Å². The predicted octanol–water partition coefficient (Wildman–Crippen LogP) is 4.45. The van der Waals surface area contributed by atoms with Gasteiger partial charge in [0.15, 0.2) is 6.61 Å². The Bertz CT molecular complexity index is 878. The molecule has 0 saturated heterocycles. The van der Waals surface area contributed by atoms with Gasteiger partial charge in [-0.1, -0.05) is 36.7 Å². The molecule has 0 aliphatic carbocycles. The fourth-order valence-electron chi connectivity index (χ4n) is 3.08. The summed E-state index contributed by atoms with van der Waals surface area (Å²) in [6.07, 6.45) is 0.459. The molecule has 2 aromatic carbocycles. The molecule has 2 aromatic rings. The van der Waals surface area contributed by atoms with Gasteiger partial charge in [-0.2, -0.15) is 0 Å². The van der Waals surface area contributed by atoms with Crippen molar-refractivity contribution in [2.75, 3.05) is 13.7 Å². The lowest BCUT2D eigenvalue weighted by molar-refractivity contribution is -0.143. The highest BCUT2D eigenvalue weighted by molar-refractivity contribution is 6.31. The van der Waals surface area contributed by atoms with Crippen LogP contribution >= 0.6 is 11.6 Å². The van der Waals surface area contributed by atoms with E-state index in [-0.39, 0.29) is 25.0 Å². The Kier molecular flexibility index (Phi) is 8.75. The molecule has 0 bridgehead atoms.